The molecule has 0 aromatic heterocycles. The molecule has 0 aliphatic heterocycles. The Morgan fingerprint density at radius 3 is 2.58 bits per heavy atom. The number of hydrogen-bond donors (Lipinski definition) is 3. The van der Waals surface area contributed by atoms with Crippen LogP contribution in [0.4, 0.5) is 0 Å². The van der Waals surface area contributed by atoms with Crippen LogP contribution in [0.15, 0.2) is 23.2 Å². The van der Waals surface area contributed by atoms with Crippen LogP contribution in [0.25, 0.3) is 0 Å². The van der Waals surface area contributed by atoms with E-state index in [1.54, 1.807) is 13.2 Å². The van der Waals surface area contributed by atoms with E-state index in [2.05, 4.69) is 20.3 Å². The Bertz CT molecular complexity index is 671. The third-order valence-corrected chi connectivity index (χ3v) is 4.34. The van der Waals surface area contributed by atoms with Crippen molar-refractivity contribution in [1.29, 1.82) is 0 Å². The average Bonchev–Trinajstić information content (AvgIpc) is 2.54. The zero-order valence-electron chi connectivity index (χ0n) is 15.3. The Balaban J connectivity index is 0.00000625. The van der Waals surface area contributed by atoms with Crippen LogP contribution in [0, 0.1) is 0 Å². The zero-order valence-corrected chi connectivity index (χ0v) is 19.2. The second-order valence-electron chi connectivity index (χ2n) is 5.41. The fraction of sp³-hybridized carbons (Fsp3) is 0.562. The topological polar surface area (TPSA) is 91.8 Å². The van der Waals surface area contributed by atoms with Gasteiger partial charge < -0.3 is 15.4 Å². The van der Waals surface area contributed by atoms with Crippen molar-refractivity contribution in [2.75, 3.05) is 39.5 Å². The van der Waals surface area contributed by atoms with E-state index in [0.29, 0.717) is 37.0 Å². The standard InChI is InChI=1S/C16H27ClN4O3S.HI/c1-4-18-16(19-9-5-10-21-25(3,22)23)20-11-8-13-6-7-14(24-2)12-15(13)17;/h6-7,12,21H,4-5,8-11H2,1-3H3,(H2,18,19,20);1H. The summed E-state index contributed by atoms with van der Waals surface area (Å²) in [5.74, 6) is 1.44. The summed E-state index contributed by atoms with van der Waals surface area (Å²) in [6, 6.07) is 5.63. The van der Waals surface area contributed by atoms with Crippen molar-refractivity contribution in [3.8, 4) is 5.75 Å². The van der Waals surface area contributed by atoms with Gasteiger partial charge in [0.05, 0.1) is 13.4 Å². The molecule has 0 aliphatic carbocycles. The first-order valence-corrected chi connectivity index (χ1v) is 10.4. The van der Waals surface area contributed by atoms with Gasteiger partial charge in [0.2, 0.25) is 10.0 Å². The number of sulfonamides is 1. The van der Waals surface area contributed by atoms with Crippen molar-refractivity contribution in [1.82, 2.24) is 15.4 Å². The maximum atomic E-state index is 11.0. The number of methoxy groups -OCH3 is 1. The summed E-state index contributed by atoms with van der Waals surface area (Å²) in [7, 11) is -1.53. The van der Waals surface area contributed by atoms with Gasteiger partial charge in [0, 0.05) is 31.2 Å². The third kappa shape index (κ3) is 11.0. The van der Waals surface area contributed by atoms with Crippen LogP contribution < -0.4 is 20.1 Å². The maximum absolute atomic E-state index is 11.0. The summed E-state index contributed by atoms with van der Waals surface area (Å²) < 4.78 is 29.6. The van der Waals surface area contributed by atoms with Crippen molar-refractivity contribution in [3.63, 3.8) is 0 Å². The first kappa shape index (κ1) is 25.2. The highest BCUT2D eigenvalue weighted by Crippen LogP contribution is 2.22. The van der Waals surface area contributed by atoms with Crippen LogP contribution >= 0.6 is 35.6 Å². The van der Waals surface area contributed by atoms with Crippen molar-refractivity contribution >= 4 is 51.6 Å². The van der Waals surface area contributed by atoms with Crippen molar-refractivity contribution in [2.24, 2.45) is 4.99 Å². The molecule has 1 aromatic rings. The summed E-state index contributed by atoms with van der Waals surface area (Å²) in [5.41, 5.74) is 1.03. The highest BCUT2D eigenvalue weighted by molar-refractivity contribution is 14.0. The molecule has 26 heavy (non-hydrogen) atoms. The number of nitrogens with zero attached hydrogens (tertiary/aromatic N) is 1. The molecule has 0 radical (unpaired) electrons. The van der Waals surface area contributed by atoms with Gasteiger partial charge in [-0.2, -0.15) is 0 Å². The number of halogens is 2. The lowest BCUT2D eigenvalue weighted by molar-refractivity contribution is 0.414. The molecule has 0 spiro atoms. The van der Waals surface area contributed by atoms with Crippen LogP contribution in [0.3, 0.4) is 0 Å². The second-order valence-corrected chi connectivity index (χ2v) is 7.66. The maximum Gasteiger partial charge on any atom is 0.208 e. The first-order valence-electron chi connectivity index (χ1n) is 8.15. The number of ether oxygens (including phenoxy) is 1. The molecule has 1 aromatic carbocycles. The van der Waals surface area contributed by atoms with E-state index in [4.69, 9.17) is 16.3 Å². The summed E-state index contributed by atoms with van der Waals surface area (Å²) >= 11 is 6.23. The van der Waals surface area contributed by atoms with Gasteiger partial charge >= 0.3 is 0 Å². The number of nitrogens with one attached hydrogen (secondary N) is 3. The molecule has 0 amide bonds. The Labute approximate surface area is 178 Å². The van der Waals surface area contributed by atoms with Crippen molar-refractivity contribution in [2.45, 2.75) is 19.8 Å². The lowest BCUT2D eigenvalue weighted by Crippen LogP contribution is -2.38. The van der Waals surface area contributed by atoms with Gasteiger partial charge in [0.25, 0.3) is 0 Å². The summed E-state index contributed by atoms with van der Waals surface area (Å²) in [4.78, 5) is 4.42. The van der Waals surface area contributed by atoms with E-state index in [0.717, 1.165) is 30.5 Å². The van der Waals surface area contributed by atoms with Gasteiger partial charge in [-0.3, -0.25) is 4.99 Å². The van der Waals surface area contributed by atoms with E-state index in [9.17, 15) is 8.42 Å². The van der Waals surface area contributed by atoms with Crippen LogP contribution in [-0.2, 0) is 16.4 Å². The van der Waals surface area contributed by atoms with Crippen LogP contribution in [0.2, 0.25) is 5.02 Å². The number of hydrogen-bond acceptors (Lipinski definition) is 4. The molecule has 3 N–H and O–H groups in total. The molecule has 0 saturated carbocycles. The Morgan fingerprint density at radius 1 is 1.27 bits per heavy atom. The lowest BCUT2D eigenvalue weighted by Gasteiger charge is -2.12. The molecule has 0 saturated heterocycles. The van der Waals surface area contributed by atoms with E-state index in [-0.39, 0.29) is 24.0 Å². The van der Waals surface area contributed by atoms with Crippen molar-refractivity contribution < 1.29 is 13.2 Å². The second kappa shape index (κ2) is 13.4. The van der Waals surface area contributed by atoms with Crippen LogP contribution in [-0.4, -0.2) is 53.9 Å². The summed E-state index contributed by atoms with van der Waals surface area (Å²) in [6.07, 6.45) is 2.53. The normalized spacial score (nSPS) is 11.6. The predicted octanol–water partition coefficient (Wildman–Crippen LogP) is 2.00. The smallest absolute Gasteiger partial charge is 0.208 e. The molecular weight excluding hydrogens is 491 g/mol. The molecule has 0 aliphatic rings. The SMILES string of the molecule is CCNC(=NCCCNS(C)(=O)=O)NCCc1ccc(OC)cc1Cl.I. The molecule has 1 rings (SSSR count). The van der Waals surface area contributed by atoms with Gasteiger partial charge in [0.15, 0.2) is 5.96 Å². The molecular formula is C16H28ClIN4O3S. The van der Waals surface area contributed by atoms with Crippen LogP contribution in [0.5, 0.6) is 5.75 Å². The first-order chi connectivity index (χ1) is 11.9. The third-order valence-electron chi connectivity index (χ3n) is 3.26. The number of guanidine groups is 1. The van der Waals surface area contributed by atoms with E-state index >= 15 is 0 Å². The minimum absolute atomic E-state index is 0. The van der Waals surface area contributed by atoms with Crippen LogP contribution in [0.1, 0.15) is 18.9 Å². The minimum atomic E-state index is -3.14. The van der Waals surface area contributed by atoms with Gasteiger partial charge in [-0.25, -0.2) is 13.1 Å². The number of aliphatic imine (C=N–C) groups is 1. The Hall–Kier alpha value is -0.780. The number of rotatable bonds is 10. The molecule has 0 fully saturated rings. The van der Waals surface area contributed by atoms with Gasteiger partial charge in [-0.15, -0.1) is 24.0 Å². The molecule has 150 valence electrons. The largest absolute Gasteiger partial charge is 0.497 e. The number of benzene rings is 1. The lowest BCUT2D eigenvalue weighted by atomic mass is 10.1. The molecule has 0 heterocycles. The fourth-order valence-electron chi connectivity index (χ4n) is 2.04. The molecule has 10 heteroatoms. The highest BCUT2D eigenvalue weighted by Gasteiger charge is 2.04. The molecule has 0 unspecified atom stereocenters. The quantitative estimate of drug-likeness (QED) is 0.191. The van der Waals surface area contributed by atoms with Gasteiger partial charge in [0.1, 0.15) is 5.75 Å². The van der Waals surface area contributed by atoms with E-state index in [1.807, 2.05) is 19.1 Å². The van der Waals surface area contributed by atoms with E-state index < -0.39 is 10.0 Å². The summed E-state index contributed by atoms with van der Waals surface area (Å²) in [5, 5.41) is 7.07. The van der Waals surface area contributed by atoms with Gasteiger partial charge in [-0.1, -0.05) is 17.7 Å². The molecule has 0 bridgehead atoms. The fourth-order valence-corrected chi connectivity index (χ4v) is 2.82. The zero-order chi connectivity index (χ0) is 18.7. The molecule has 0 atom stereocenters. The van der Waals surface area contributed by atoms with Crippen molar-refractivity contribution in [3.05, 3.63) is 28.8 Å². The van der Waals surface area contributed by atoms with Gasteiger partial charge in [-0.05, 0) is 37.5 Å². The average molecular weight is 519 g/mol. The Kier molecular flexibility index (Phi) is 13.0. The summed E-state index contributed by atoms with van der Waals surface area (Å²) in [6.45, 7) is 4.32. The highest BCUT2D eigenvalue weighted by atomic mass is 127. The predicted molar refractivity (Wildman–Crippen MR) is 119 cm³/mol. The Morgan fingerprint density at radius 2 is 2.00 bits per heavy atom. The monoisotopic (exact) mass is 518 g/mol. The minimum Gasteiger partial charge on any atom is -0.497 e. The van der Waals surface area contributed by atoms with E-state index in [1.165, 1.54) is 0 Å². The molecule has 7 nitrogen and oxygen atoms in total.